The summed E-state index contributed by atoms with van der Waals surface area (Å²) in [5, 5.41) is 10.7. The molecular weight excluding hydrogens is 859 g/mol. The molecule has 0 spiro atoms. The average molecular weight is 979 g/mol. The summed E-state index contributed by atoms with van der Waals surface area (Å²) in [4.78, 5) is 38.8. The second kappa shape index (κ2) is 55.6. The van der Waals surface area contributed by atoms with Crippen LogP contribution in [0.2, 0.25) is 0 Å². The Bertz CT molecular complexity index is 949. The molecule has 0 rings (SSSR count). The summed E-state index contributed by atoms with van der Waals surface area (Å²) in [6, 6.07) is 0. The Morgan fingerprint density at radius 2 is 0.464 bits per heavy atom. The van der Waals surface area contributed by atoms with Crippen LogP contribution in [0.5, 0.6) is 0 Å². The molecule has 0 fully saturated rings. The van der Waals surface area contributed by atoms with Crippen molar-refractivity contribution in [2.45, 2.75) is 304 Å². The predicted octanol–water partition coefficient (Wildman–Crippen LogP) is 16.2. The Morgan fingerprint density at radius 1 is 0.275 bits per heavy atom. The number of esters is 3. The van der Waals surface area contributed by atoms with Gasteiger partial charge in [-0.2, -0.15) is 0 Å². The summed E-state index contributed by atoms with van der Waals surface area (Å²) < 4.78 is 17.5. The summed E-state index contributed by atoms with van der Waals surface area (Å²) in [5.41, 5.74) is -0.767. The zero-order chi connectivity index (χ0) is 50.2. The van der Waals surface area contributed by atoms with E-state index in [1.165, 1.54) is 193 Å². The molecule has 0 atom stereocenters. The zero-order valence-electron chi connectivity index (χ0n) is 46.7. The van der Waals surface area contributed by atoms with Crippen LogP contribution in [0.15, 0.2) is 0 Å². The monoisotopic (exact) mass is 978 g/mol. The molecule has 0 aliphatic carbocycles. The second-order valence-electron chi connectivity index (χ2n) is 21.1. The highest BCUT2D eigenvalue weighted by molar-refractivity contribution is 5.70. The van der Waals surface area contributed by atoms with Gasteiger partial charge in [-0.1, -0.05) is 220 Å². The van der Waals surface area contributed by atoms with E-state index in [2.05, 4.69) is 36.7 Å². The molecule has 9 heteroatoms. The van der Waals surface area contributed by atoms with Gasteiger partial charge >= 0.3 is 17.9 Å². The Morgan fingerprint density at radius 3 is 0.667 bits per heavy atom. The summed E-state index contributed by atoms with van der Waals surface area (Å²) in [5.74, 6) is -0.730. The molecule has 0 aliphatic rings. The molecule has 410 valence electrons. The molecule has 0 saturated heterocycles. The van der Waals surface area contributed by atoms with E-state index in [0.717, 1.165) is 97.1 Å². The molecule has 0 amide bonds. The van der Waals surface area contributed by atoms with E-state index in [1.807, 2.05) is 6.92 Å². The highest BCUT2D eigenvalue weighted by atomic mass is 16.6. The van der Waals surface area contributed by atoms with Gasteiger partial charge in [-0.05, 0) is 103 Å². The lowest BCUT2D eigenvalue weighted by Gasteiger charge is -2.31. The highest BCUT2D eigenvalue weighted by Crippen LogP contribution is 2.26. The summed E-state index contributed by atoms with van der Waals surface area (Å²) in [6.45, 7) is 15.2. The lowest BCUT2D eigenvalue weighted by atomic mass is 9.88. The van der Waals surface area contributed by atoms with Crippen LogP contribution >= 0.6 is 0 Å². The fraction of sp³-hybridized carbons (Fsp3) is 0.950. The lowest BCUT2D eigenvalue weighted by Crippen LogP contribution is -2.39. The SMILES string of the molecule is CCCCCCCCCCCCNCCCCCC(=O)OCC(CC)(COC(=O)CCCCCNCCCCCCCCCCCC)COC(=O)CCCCCNCCCCCCCCCCCC. The van der Waals surface area contributed by atoms with Crippen molar-refractivity contribution in [3.05, 3.63) is 0 Å². The van der Waals surface area contributed by atoms with E-state index < -0.39 is 5.41 Å². The number of ether oxygens (including phenoxy) is 3. The third-order valence-corrected chi connectivity index (χ3v) is 14.2. The molecule has 0 aromatic heterocycles. The molecule has 0 unspecified atom stereocenters. The van der Waals surface area contributed by atoms with Gasteiger partial charge in [0.1, 0.15) is 19.8 Å². The van der Waals surface area contributed by atoms with Crippen LogP contribution in [-0.4, -0.2) is 77.0 Å². The van der Waals surface area contributed by atoms with Gasteiger partial charge in [-0.25, -0.2) is 0 Å². The average Bonchev–Trinajstić information content (AvgIpc) is 3.35. The highest BCUT2D eigenvalue weighted by Gasteiger charge is 2.34. The Balaban J connectivity index is 4.51. The molecule has 0 aromatic rings. The molecule has 69 heavy (non-hydrogen) atoms. The molecule has 9 nitrogen and oxygen atoms in total. The van der Waals surface area contributed by atoms with Crippen molar-refractivity contribution in [3.63, 3.8) is 0 Å². The lowest BCUT2D eigenvalue weighted by molar-refractivity contribution is -0.162. The van der Waals surface area contributed by atoms with Gasteiger partial charge in [0.25, 0.3) is 0 Å². The number of unbranched alkanes of at least 4 members (excludes halogenated alkanes) is 33. The Labute approximate surface area is 429 Å². The maximum absolute atomic E-state index is 12.9. The number of rotatable bonds is 58. The minimum absolute atomic E-state index is 0.0682. The minimum Gasteiger partial charge on any atom is -0.465 e. The van der Waals surface area contributed by atoms with Gasteiger partial charge in [0, 0.05) is 19.3 Å². The quantitative estimate of drug-likeness (QED) is 0.0311. The largest absolute Gasteiger partial charge is 0.465 e. The van der Waals surface area contributed by atoms with Crippen LogP contribution < -0.4 is 16.0 Å². The van der Waals surface area contributed by atoms with Crippen molar-refractivity contribution in [2.75, 3.05) is 59.1 Å². The van der Waals surface area contributed by atoms with E-state index in [-0.39, 0.29) is 37.7 Å². The fourth-order valence-corrected chi connectivity index (χ4v) is 9.02. The number of carbonyl (C=O) groups is 3. The van der Waals surface area contributed by atoms with Crippen molar-refractivity contribution in [2.24, 2.45) is 5.41 Å². The fourth-order valence-electron chi connectivity index (χ4n) is 9.02. The van der Waals surface area contributed by atoms with Crippen LogP contribution in [0.1, 0.15) is 304 Å². The topological polar surface area (TPSA) is 115 Å². The summed E-state index contributed by atoms with van der Waals surface area (Å²) in [6.07, 6.45) is 50.6. The van der Waals surface area contributed by atoms with E-state index in [1.54, 1.807) is 0 Å². The molecule has 3 N–H and O–H groups in total. The molecule has 0 heterocycles. The smallest absolute Gasteiger partial charge is 0.305 e. The van der Waals surface area contributed by atoms with Crippen molar-refractivity contribution in [3.8, 4) is 0 Å². The first-order valence-electron chi connectivity index (χ1n) is 30.5. The number of hydrogen-bond donors (Lipinski definition) is 3. The van der Waals surface area contributed by atoms with Crippen LogP contribution in [0.3, 0.4) is 0 Å². The number of carbonyl (C=O) groups excluding carboxylic acids is 3. The third-order valence-electron chi connectivity index (χ3n) is 14.2. The summed E-state index contributed by atoms with van der Waals surface area (Å²) >= 11 is 0. The number of hydrogen-bond acceptors (Lipinski definition) is 9. The Kier molecular flexibility index (Phi) is 54.2. The first-order valence-corrected chi connectivity index (χ1v) is 30.5. The molecular formula is C60H119N3O6. The zero-order valence-corrected chi connectivity index (χ0v) is 46.7. The third kappa shape index (κ3) is 51.0. The maximum Gasteiger partial charge on any atom is 0.305 e. The van der Waals surface area contributed by atoms with Gasteiger partial charge in [-0.15, -0.1) is 0 Å². The Hall–Kier alpha value is -1.71. The van der Waals surface area contributed by atoms with Crippen molar-refractivity contribution >= 4 is 17.9 Å². The molecule has 0 aliphatic heterocycles. The van der Waals surface area contributed by atoms with Crippen LogP contribution in [-0.2, 0) is 28.6 Å². The molecule has 0 aromatic carbocycles. The molecule has 0 saturated carbocycles. The molecule has 0 bridgehead atoms. The normalized spacial score (nSPS) is 11.7. The van der Waals surface area contributed by atoms with Crippen molar-refractivity contribution in [1.29, 1.82) is 0 Å². The first-order chi connectivity index (χ1) is 33.9. The van der Waals surface area contributed by atoms with Gasteiger partial charge in [0.15, 0.2) is 0 Å². The van der Waals surface area contributed by atoms with Crippen molar-refractivity contribution < 1.29 is 28.6 Å². The van der Waals surface area contributed by atoms with E-state index >= 15 is 0 Å². The predicted molar refractivity (Wildman–Crippen MR) is 295 cm³/mol. The van der Waals surface area contributed by atoms with E-state index in [9.17, 15) is 14.4 Å². The van der Waals surface area contributed by atoms with E-state index in [4.69, 9.17) is 14.2 Å². The number of nitrogens with one attached hydrogen (secondary N) is 3. The standard InChI is InChI=1S/C60H119N3O6/c1-5-9-12-15-18-21-24-27-30-39-48-61-51-42-33-36-45-57(64)67-54-60(8-4,55-68-58(65)46-37-34-43-52-62-49-40-31-28-25-22-19-16-13-10-6-2)56-69-59(66)47-38-35-44-53-63-50-41-32-29-26-23-20-17-14-11-7-3/h61-63H,5-56H2,1-4H3. The maximum atomic E-state index is 12.9. The van der Waals surface area contributed by atoms with Gasteiger partial charge in [0.2, 0.25) is 0 Å². The van der Waals surface area contributed by atoms with Crippen LogP contribution in [0, 0.1) is 5.41 Å². The van der Waals surface area contributed by atoms with Gasteiger partial charge in [0.05, 0.1) is 5.41 Å². The summed E-state index contributed by atoms with van der Waals surface area (Å²) in [7, 11) is 0. The first kappa shape index (κ1) is 67.3. The van der Waals surface area contributed by atoms with Crippen molar-refractivity contribution in [1.82, 2.24) is 16.0 Å². The van der Waals surface area contributed by atoms with E-state index in [0.29, 0.717) is 25.7 Å². The second-order valence-corrected chi connectivity index (χ2v) is 21.1. The minimum atomic E-state index is -0.767. The van der Waals surface area contributed by atoms with Crippen LogP contribution in [0.25, 0.3) is 0 Å². The van der Waals surface area contributed by atoms with Gasteiger partial charge in [-0.3, -0.25) is 14.4 Å². The van der Waals surface area contributed by atoms with Gasteiger partial charge < -0.3 is 30.2 Å². The van der Waals surface area contributed by atoms with Crippen LogP contribution in [0.4, 0.5) is 0 Å². The molecule has 0 radical (unpaired) electrons.